The second kappa shape index (κ2) is 6.52. The molecule has 5 heteroatoms. The third kappa shape index (κ3) is 2.96. The maximum atomic E-state index is 10.9. The van der Waals surface area contributed by atoms with Crippen molar-refractivity contribution in [3.8, 4) is 5.75 Å². The zero-order chi connectivity index (χ0) is 15.1. The van der Waals surface area contributed by atoms with E-state index in [0.29, 0.717) is 5.75 Å². The van der Waals surface area contributed by atoms with Crippen LogP contribution in [0.5, 0.6) is 5.75 Å². The normalized spacial score (nSPS) is 10.7. The van der Waals surface area contributed by atoms with Crippen molar-refractivity contribution in [1.29, 1.82) is 0 Å². The fraction of sp³-hybridized carbons (Fsp3) is 0. The van der Waals surface area contributed by atoms with Gasteiger partial charge in [0.2, 0.25) is 0 Å². The summed E-state index contributed by atoms with van der Waals surface area (Å²) in [6.45, 7) is 0. The fourth-order valence-corrected chi connectivity index (χ4v) is 2.97. The van der Waals surface area contributed by atoms with Crippen LogP contribution in [0.25, 0.3) is 32.3 Å². The standard InChI is InChI=1S/C18H11BO3.Na/c20-19(21)22-17-7-3-6-12-8-9-15-10-13-4-1-2-5-14(13)11-16(15)18(12)17;/h1-11H;/q-2;+1. The Kier molecular flexibility index (Phi) is 4.62. The van der Waals surface area contributed by atoms with E-state index in [0.717, 1.165) is 32.3 Å². The Labute approximate surface area is 156 Å². The molecule has 0 aliphatic heterocycles. The summed E-state index contributed by atoms with van der Waals surface area (Å²) in [6.07, 6.45) is 0. The number of rotatable bonds is 2. The van der Waals surface area contributed by atoms with Crippen LogP contribution in [0.4, 0.5) is 0 Å². The molecule has 0 fully saturated rings. The Bertz CT molecular complexity index is 1000. The number of benzene rings is 4. The Morgan fingerprint density at radius 3 is 2.09 bits per heavy atom. The van der Waals surface area contributed by atoms with Gasteiger partial charge < -0.3 is 14.7 Å². The molecule has 0 aliphatic rings. The molecule has 4 rings (SSSR count). The molecule has 23 heavy (non-hydrogen) atoms. The van der Waals surface area contributed by atoms with E-state index >= 15 is 0 Å². The Morgan fingerprint density at radius 2 is 1.35 bits per heavy atom. The van der Waals surface area contributed by atoms with Gasteiger partial charge in [-0.05, 0) is 45.1 Å². The fourth-order valence-electron chi connectivity index (χ4n) is 2.97. The zero-order valence-electron chi connectivity index (χ0n) is 12.7. The summed E-state index contributed by atoms with van der Waals surface area (Å²) in [6, 6.07) is 21.7. The maximum absolute atomic E-state index is 10.9. The van der Waals surface area contributed by atoms with Gasteiger partial charge in [0.15, 0.2) is 0 Å². The molecule has 106 valence electrons. The van der Waals surface area contributed by atoms with Crippen LogP contribution in [-0.2, 0) is 0 Å². The minimum atomic E-state index is -2.33. The number of fused-ring (bicyclic) bond motifs is 4. The molecule has 0 amide bonds. The average Bonchev–Trinajstić information content (AvgIpc) is 2.52. The van der Waals surface area contributed by atoms with Gasteiger partial charge in [-0.25, -0.2) is 0 Å². The maximum Gasteiger partial charge on any atom is 1.00 e. The molecule has 0 radical (unpaired) electrons. The van der Waals surface area contributed by atoms with Gasteiger partial charge >= 0.3 is 29.6 Å². The first-order valence-corrected chi connectivity index (χ1v) is 7.05. The molecular formula is C18H11BNaO3-. The molecule has 0 saturated heterocycles. The van der Waals surface area contributed by atoms with Crippen molar-refractivity contribution in [3.05, 3.63) is 66.7 Å². The summed E-state index contributed by atoms with van der Waals surface area (Å²) in [5, 5.41) is 27.9. The van der Waals surface area contributed by atoms with E-state index in [1.54, 1.807) is 12.1 Å². The first-order valence-electron chi connectivity index (χ1n) is 7.05. The number of hydrogen-bond acceptors (Lipinski definition) is 3. The monoisotopic (exact) mass is 309 g/mol. The Hall–Kier alpha value is -1.56. The molecule has 0 unspecified atom stereocenters. The Morgan fingerprint density at radius 1 is 0.696 bits per heavy atom. The summed E-state index contributed by atoms with van der Waals surface area (Å²) in [7, 11) is -2.33. The quantitative estimate of drug-likeness (QED) is 0.278. The second-order valence-corrected chi connectivity index (χ2v) is 5.25. The van der Waals surface area contributed by atoms with Gasteiger partial charge in [0.1, 0.15) is 13.1 Å². The molecule has 0 saturated carbocycles. The van der Waals surface area contributed by atoms with E-state index in [1.165, 1.54) is 0 Å². The van der Waals surface area contributed by atoms with Crippen LogP contribution in [0.3, 0.4) is 0 Å². The molecule has 0 heterocycles. The predicted molar refractivity (Wildman–Crippen MR) is 85.3 cm³/mol. The molecule has 0 aromatic heterocycles. The van der Waals surface area contributed by atoms with Crippen molar-refractivity contribution in [3.63, 3.8) is 0 Å². The molecule has 0 bridgehead atoms. The number of hydrogen-bond donors (Lipinski definition) is 0. The SMILES string of the molecule is [Na+].[O-]B([O-])Oc1cccc2ccc3cc4ccccc4cc3c12. The second-order valence-electron chi connectivity index (χ2n) is 5.25. The first kappa shape index (κ1) is 16.3. The van der Waals surface area contributed by atoms with E-state index < -0.39 is 7.32 Å². The van der Waals surface area contributed by atoms with Crippen LogP contribution in [0, 0.1) is 0 Å². The molecule has 0 aliphatic carbocycles. The summed E-state index contributed by atoms with van der Waals surface area (Å²) < 4.78 is 4.94. The van der Waals surface area contributed by atoms with Crippen molar-refractivity contribution in [2.45, 2.75) is 0 Å². The van der Waals surface area contributed by atoms with Crippen LogP contribution < -0.4 is 44.3 Å². The van der Waals surface area contributed by atoms with Gasteiger partial charge in [0.25, 0.3) is 0 Å². The van der Waals surface area contributed by atoms with Crippen LogP contribution >= 0.6 is 0 Å². The van der Waals surface area contributed by atoms with Crippen molar-refractivity contribution in [2.75, 3.05) is 0 Å². The van der Waals surface area contributed by atoms with Crippen LogP contribution in [0.15, 0.2) is 66.7 Å². The largest absolute Gasteiger partial charge is 1.00 e. The first-order chi connectivity index (χ1) is 10.7. The van der Waals surface area contributed by atoms with Crippen molar-refractivity contribution >= 4 is 39.6 Å². The molecular weight excluding hydrogens is 298 g/mol. The minimum absolute atomic E-state index is 0. The van der Waals surface area contributed by atoms with E-state index in [1.807, 2.05) is 36.4 Å². The van der Waals surface area contributed by atoms with Gasteiger partial charge in [-0.2, -0.15) is 0 Å². The van der Waals surface area contributed by atoms with Crippen molar-refractivity contribution in [2.24, 2.45) is 0 Å². The molecule has 0 spiro atoms. The molecule has 4 aromatic carbocycles. The van der Waals surface area contributed by atoms with Gasteiger partial charge in [-0.3, -0.25) is 0 Å². The van der Waals surface area contributed by atoms with Gasteiger partial charge in [0, 0.05) is 5.39 Å². The minimum Gasteiger partial charge on any atom is -0.860 e. The smallest absolute Gasteiger partial charge is 0.860 e. The third-order valence-corrected chi connectivity index (χ3v) is 3.91. The van der Waals surface area contributed by atoms with E-state index in [4.69, 9.17) is 4.65 Å². The predicted octanol–water partition coefficient (Wildman–Crippen LogP) is -0.765. The summed E-state index contributed by atoms with van der Waals surface area (Å²) in [4.78, 5) is 0. The zero-order valence-corrected chi connectivity index (χ0v) is 14.7. The molecule has 4 aromatic rings. The summed E-state index contributed by atoms with van der Waals surface area (Å²) in [5.74, 6) is 0.341. The van der Waals surface area contributed by atoms with Crippen LogP contribution in [-0.4, -0.2) is 7.32 Å². The third-order valence-electron chi connectivity index (χ3n) is 3.91. The van der Waals surface area contributed by atoms with Gasteiger partial charge in [-0.1, -0.05) is 48.5 Å². The van der Waals surface area contributed by atoms with E-state index in [-0.39, 0.29) is 29.6 Å². The summed E-state index contributed by atoms with van der Waals surface area (Å²) >= 11 is 0. The topological polar surface area (TPSA) is 55.3 Å². The van der Waals surface area contributed by atoms with E-state index in [9.17, 15) is 10.0 Å². The van der Waals surface area contributed by atoms with Crippen LogP contribution in [0.2, 0.25) is 0 Å². The Balaban J connectivity index is 0.00000156. The van der Waals surface area contributed by atoms with Gasteiger partial charge in [0.05, 0.1) is 0 Å². The van der Waals surface area contributed by atoms with Gasteiger partial charge in [-0.15, -0.1) is 0 Å². The van der Waals surface area contributed by atoms with Crippen LogP contribution in [0.1, 0.15) is 0 Å². The van der Waals surface area contributed by atoms with E-state index in [2.05, 4.69) is 18.2 Å². The van der Waals surface area contributed by atoms with Crippen molar-refractivity contribution < 1.29 is 44.3 Å². The average molecular weight is 309 g/mol. The molecule has 3 nitrogen and oxygen atoms in total. The van der Waals surface area contributed by atoms with Crippen molar-refractivity contribution in [1.82, 2.24) is 0 Å². The molecule has 0 atom stereocenters. The summed E-state index contributed by atoms with van der Waals surface area (Å²) in [5.41, 5.74) is 0. The molecule has 0 N–H and O–H groups in total.